The van der Waals surface area contributed by atoms with Crippen molar-refractivity contribution in [2.75, 3.05) is 0 Å². The fraction of sp³-hybridized carbons (Fsp3) is 0.200. The summed E-state index contributed by atoms with van der Waals surface area (Å²) in [4.78, 5) is 0. The van der Waals surface area contributed by atoms with Gasteiger partial charge < -0.3 is 5.73 Å². The van der Waals surface area contributed by atoms with Crippen LogP contribution in [0.5, 0.6) is 0 Å². The standard InChI is InChI=1S/C15H13BrClF2N/c1-15(20,10-4-12(18)7-13(19)5-10)8-9-2-3-11(16)6-14(9)17/h2-7H,8,20H2,1H3. The maximum atomic E-state index is 13.3. The Labute approximate surface area is 129 Å². The van der Waals surface area contributed by atoms with Crippen LogP contribution in [0.2, 0.25) is 5.02 Å². The van der Waals surface area contributed by atoms with Crippen LogP contribution < -0.4 is 5.73 Å². The fourth-order valence-electron chi connectivity index (χ4n) is 2.05. The van der Waals surface area contributed by atoms with Gasteiger partial charge in [0, 0.05) is 21.1 Å². The van der Waals surface area contributed by atoms with E-state index < -0.39 is 17.2 Å². The number of benzene rings is 2. The average molecular weight is 361 g/mol. The summed E-state index contributed by atoms with van der Waals surface area (Å²) >= 11 is 9.48. The molecule has 5 heteroatoms. The minimum Gasteiger partial charge on any atom is -0.321 e. The SMILES string of the molecule is CC(N)(Cc1ccc(Br)cc1Cl)c1cc(F)cc(F)c1. The normalized spacial score (nSPS) is 14.1. The zero-order chi connectivity index (χ0) is 14.9. The van der Waals surface area contributed by atoms with E-state index in [1.165, 1.54) is 12.1 Å². The third-order valence-electron chi connectivity index (χ3n) is 3.09. The smallest absolute Gasteiger partial charge is 0.126 e. The Balaban J connectivity index is 2.34. The largest absolute Gasteiger partial charge is 0.321 e. The number of rotatable bonds is 3. The lowest BCUT2D eigenvalue weighted by Crippen LogP contribution is -2.35. The Bertz CT molecular complexity index is 624. The Kier molecular flexibility index (Phi) is 4.47. The van der Waals surface area contributed by atoms with Gasteiger partial charge in [-0.15, -0.1) is 0 Å². The molecule has 2 aromatic carbocycles. The highest BCUT2D eigenvalue weighted by Gasteiger charge is 2.24. The molecule has 0 saturated heterocycles. The van der Waals surface area contributed by atoms with Gasteiger partial charge in [0.05, 0.1) is 0 Å². The summed E-state index contributed by atoms with van der Waals surface area (Å²) in [5, 5.41) is 0.563. The first-order valence-electron chi connectivity index (χ1n) is 5.97. The zero-order valence-electron chi connectivity index (χ0n) is 10.8. The molecule has 2 N–H and O–H groups in total. The molecule has 0 aromatic heterocycles. The van der Waals surface area contributed by atoms with Gasteiger partial charge in [-0.3, -0.25) is 0 Å². The molecule has 0 aliphatic carbocycles. The van der Waals surface area contributed by atoms with Gasteiger partial charge in [0.25, 0.3) is 0 Å². The second-order valence-electron chi connectivity index (χ2n) is 4.99. The predicted octanol–water partition coefficient (Wildman–Crippen LogP) is 4.80. The van der Waals surface area contributed by atoms with E-state index in [-0.39, 0.29) is 0 Å². The summed E-state index contributed by atoms with van der Waals surface area (Å²) in [6.07, 6.45) is 0.377. The van der Waals surface area contributed by atoms with E-state index in [2.05, 4.69) is 15.9 Å². The van der Waals surface area contributed by atoms with Crippen molar-refractivity contribution in [3.05, 3.63) is 68.7 Å². The van der Waals surface area contributed by atoms with Crippen LogP contribution in [0.3, 0.4) is 0 Å². The Morgan fingerprint density at radius 3 is 2.30 bits per heavy atom. The minimum absolute atomic E-state index is 0.377. The molecule has 0 bridgehead atoms. The quantitative estimate of drug-likeness (QED) is 0.836. The van der Waals surface area contributed by atoms with Crippen molar-refractivity contribution < 1.29 is 8.78 Å². The van der Waals surface area contributed by atoms with Gasteiger partial charge in [0.15, 0.2) is 0 Å². The van der Waals surface area contributed by atoms with Crippen molar-refractivity contribution in [2.24, 2.45) is 5.73 Å². The van der Waals surface area contributed by atoms with Crippen molar-refractivity contribution in [1.82, 2.24) is 0 Å². The second-order valence-corrected chi connectivity index (χ2v) is 6.31. The van der Waals surface area contributed by atoms with Crippen molar-refractivity contribution >= 4 is 27.5 Å². The summed E-state index contributed by atoms with van der Waals surface area (Å²) in [7, 11) is 0. The Morgan fingerprint density at radius 2 is 1.75 bits per heavy atom. The molecular weight excluding hydrogens is 348 g/mol. The lowest BCUT2D eigenvalue weighted by atomic mass is 9.86. The number of nitrogens with two attached hydrogens (primary N) is 1. The molecule has 2 aromatic rings. The minimum atomic E-state index is -0.916. The molecule has 0 amide bonds. The summed E-state index contributed by atoms with van der Waals surface area (Å²) < 4.78 is 27.5. The highest BCUT2D eigenvalue weighted by Crippen LogP contribution is 2.29. The van der Waals surface area contributed by atoms with Crippen LogP contribution in [-0.4, -0.2) is 0 Å². The fourth-order valence-corrected chi connectivity index (χ4v) is 2.79. The summed E-state index contributed by atoms with van der Waals surface area (Å²) in [6.45, 7) is 1.72. The van der Waals surface area contributed by atoms with E-state index in [9.17, 15) is 8.78 Å². The van der Waals surface area contributed by atoms with Gasteiger partial charge in [0.1, 0.15) is 11.6 Å². The zero-order valence-corrected chi connectivity index (χ0v) is 13.1. The molecule has 0 spiro atoms. The molecule has 0 aliphatic rings. The van der Waals surface area contributed by atoms with Crippen LogP contribution in [0.15, 0.2) is 40.9 Å². The van der Waals surface area contributed by atoms with Gasteiger partial charge in [-0.05, 0) is 48.7 Å². The molecule has 0 heterocycles. The Hall–Kier alpha value is -0.970. The number of hydrogen-bond acceptors (Lipinski definition) is 1. The van der Waals surface area contributed by atoms with Gasteiger partial charge in [-0.2, -0.15) is 0 Å². The van der Waals surface area contributed by atoms with E-state index in [1.807, 2.05) is 12.1 Å². The van der Waals surface area contributed by atoms with Crippen LogP contribution in [0.1, 0.15) is 18.1 Å². The van der Waals surface area contributed by atoms with Gasteiger partial charge in [-0.25, -0.2) is 8.78 Å². The first-order valence-corrected chi connectivity index (χ1v) is 7.14. The van der Waals surface area contributed by atoms with E-state index >= 15 is 0 Å². The predicted molar refractivity (Wildman–Crippen MR) is 80.8 cm³/mol. The lowest BCUT2D eigenvalue weighted by molar-refractivity contribution is 0.478. The van der Waals surface area contributed by atoms with E-state index in [0.717, 1.165) is 16.1 Å². The Morgan fingerprint density at radius 1 is 1.15 bits per heavy atom. The molecule has 0 aliphatic heterocycles. The van der Waals surface area contributed by atoms with Crippen LogP contribution in [0, 0.1) is 11.6 Å². The average Bonchev–Trinajstić information content (AvgIpc) is 2.31. The molecule has 2 rings (SSSR count). The third kappa shape index (κ3) is 3.57. The first kappa shape index (κ1) is 15.4. The van der Waals surface area contributed by atoms with Crippen molar-refractivity contribution in [2.45, 2.75) is 18.9 Å². The molecule has 20 heavy (non-hydrogen) atoms. The topological polar surface area (TPSA) is 26.0 Å². The third-order valence-corrected chi connectivity index (χ3v) is 3.94. The van der Waals surface area contributed by atoms with E-state index in [0.29, 0.717) is 17.0 Å². The van der Waals surface area contributed by atoms with Crippen molar-refractivity contribution in [3.8, 4) is 0 Å². The molecular formula is C15H13BrClF2N. The van der Waals surface area contributed by atoms with Gasteiger partial charge in [-0.1, -0.05) is 33.6 Å². The number of halogens is 4. The summed E-state index contributed by atoms with van der Waals surface area (Å²) in [6, 6.07) is 8.77. The van der Waals surface area contributed by atoms with E-state index in [4.69, 9.17) is 17.3 Å². The molecule has 106 valence electrons. The molecule has 0 fully saturated rings. The highest BCUT2D eigenvalue weighted by molar-refractivity contribution is 9.10. The maximum Gasteiger partial charge on any atom is 0.126 e. The monoisotopic (exact) mass is 359 g/mol. The molecule has 0 radical (unpaired) electrons. The summed E-state index contributed by atoms with van der Waals surface area (Å²) in [5.41, 5.74) is 6.52. The van der Waals surface area contributed by atoms with E-state index in [1.54, 1.807) is 13.0 Å². The van der Waals surface area contributed by atoms with Crippen molar-refractivity contribution in [3.63, 3.8) is 0 Å². The second kappa shape index (κ2) is 5.80. The highest BCUT2D eigenvalue weighted by atomic mass is 79.9. The van der Waals surface area contributed by atoms with Crippen LogP contribution in [0.25, 0.3) is 0 Å². The van der Waals surface area contributed by atoms with Crippen LogP contribution in [-0.2, 0) is 12.0 Å². The molecule has 0 saturated carbocycles. The van der Waals surface area contributed by atoms with Gasteiger partial charge >= 0.3 is 0 Å². The van der Waals surface area contributed by atoms with Crippen LogP contribution in [0.4, 0.5) is 8.78 Å². The van der Waals surface area contributed by atoms with Crippen molar-refractivity contribution in [1.29, 1.82) is 0 Å². The molecule has 1 atom stereocenters. The first-order chi connectivity index (χ1) is 9.28. The van der Waals surface area contributed by atoms with Gasteiger partial charge in [0.2, 0.25) is 0 Å². The van der Waals surface area contributed by atoms with Crippen LogP contribution >= 0.6 is 27.5 Å². The number of hydrogen-bond donors (Lipinski definition) is 1. The lowest BCUT2D eigenvalue weighted by Gasteiger charge is -2.26. The molecule has 1 unspecified atom stereocenters. The maximum absolute atomic E-state index is 13.3. The molecule has 1 nitrogen and oxygen atoms in total. The summed E-state index contributed by atoms with van der Waals surface area (Å²) in [5.74, 6) is -1.28.